The molecule has 1 N–H and O–H groups in total. The molecule has 1 atom stereocenters. The highest BCUT2D eigenvalue weighted by atomic mass is 19.4. The number of aliphatic hydroxyl groups excluding tert-OH is 1. The number of alkyl halides is 3. The second-order valence-corrected chi connectivity index (χ2v) is 6.49. The normalized spacial score (nSPS) is 13.4. The summed E-state index contributed by atoms with van der Waals surface area (Å²) in [5, 5.41) is 10.0. The molecule has 0 radical (unpaired) electrons. The topological polar surface area (TPSA) is 54.2 Å². The molecule has 3 aromatic rings. The molecule has 2 heterocycles. The number of hydrogen-bond acceptors (Lipinski definition) is 4. The highest BCUT2D eigenvalue weighted by Crippen LogP contribution is 2.35. The van der Waals surface area contributed by atoms with E-state index in [9.17, 15) is 23.1 Å². The summed E-state index contributed by atoms with van der Waals surface area (Å²) >= 11 is 0. The zero-order valence-electron chi connectivity index (χ0n) is 14.8. The van der Waals surface area contributed by atoms with E-state index in [-0.39, 0.29) is 17.7 Å². The number of carbonyl (C=O) groups excluding carboxylic acids is 1. The summed E-state index contributed by atoms with van der Waals surface area (Å²) in [7, 11) is 3.70. The molecule has 0 aliphatic heterocycles. The van der Waals surface area contributed by atoms with Crippen LogP contribution in [0.1, 0.15) is 22.0 Å². The van der Waals surface area contributed by atoms with E-state index in [1.54, 1.807) is 28.8 Å². The predicted molar refractivity (Wildman–Crippen MR) is 94.8 cm³/mol. The number of benzene rings is 1. The van der Waals surface area contributed by atoms with Crippen molar-refractivity contribution < 1.29 is 27.8 Å². The van der Waals surface area contributed by atoms with Crippen molar-refractivity contribution in [3.8, 4) is 0 Å². The number of hydrogen-bond donors (Lipinski definition) is 1. The van der Waals surface area contributed by atoms with Crippen molar-refractivity contribution in [1.82, 2.24) is 9.30 Å². The van der Waals surface area contributed by atoms with Gasteiger partial charge in [-0.2, -0.15) is 13.2 Å². The molecule has 0 spiro atoms. The molecule has 0 saturated heterocycles. The van der Waals surface area contributed by atoms with Crippen LogP contribution >= 0.6 is 0 Å². The number of fused-ring (bicyclic) bond motifs is 3. The van der Waals surface area contributed by atoms with E-state index >= 15 is 0 Å². The van der Waals surface area contributed by atoms with E-state index in [0.29, 0.717) is 23.0 Å². The minimum absolute atomic E-state index is 0.197. The van der Waals surface area contributed by atoms with Gasteiger partial charge in [0, 0.05) is 18.1 Å². The number of halogens is 3. The lowest BCUT2D eigenvalue weighted by molar-refractivity contribution is -0.206. The third kappa shape index (κ3) is 3.77. The quantitative estimate of drug-likeness (QED) is 0.690. The lowest BCUT2D eigenvalue weighted by Crippen LogP contribution is -2.20. The molecule has 0 bridgehead atoms. The fraction of sp³-hybridized carbons (Fsp3) is 0.316. The van der Waals surface area contributed by atoms with Crippen LogP contribution in [0.4, 0.5) is 13.2 Å². The average Bonchev–Trinajstić information content (AvgIpc) is 2.93. The average molecular weight is 380 g/mol. The summed E-state index contributed by atoms with van der Waals surface area (Å²) in [5.41, 5.74) is 0.926. The van der Waals surface area contributed by atoms with Crippen LogP contribution in [0, 0.1) is 0 Å². The summed E-state index contributed by atoms with van der Waals surface area (Å²) in [5.74, 6) is -0.542. The largest absolute Gasteiger partial charge is 0.461 e. The molecule has 8 heteroatoms. The Hall–Kier alpha value is -2.58. The molecular weight excluding hydrogens is 361 g/mol. The molecule has 2 aromatic heterocycles. The number of ether oxygens (including phenoxy) is 1. The molecular formula is C19H19F3N2O3. The van der Waals surface area contributed by atoms with Gasteiger partial charge in [-0.15, -0.1) is 0 Å². The van der Waals surface area contributed by atoms with Gasteiger partial charge in [0.15, 0.2) is 6.10 Å². The molecule has 5 nitrogen and oxygen atoms in total. The van der Waals surface area contributed by atoms with E-state index in [1.165, 1.54) is 18.2 Å². The molecule has 0 fully saturated rings. The van der Waals surface area contributed by atoms with E-state index < -0.39 is 18.2 Å². The fourth-order valence-corrected chi connectivity index (χ4v) is 2.92. The van der Waals surface area contributed by atoms with Gasteiger partial charge < -0.3 is 19.1 Å². The van der Waals surface area contributed by atoms with Gasteiger partial charge in [0.2, 0.25) is 0 Å². The van der Waals surface area contributed by atoms with Crippen molar-refractivity contribution in [1.29, 1.82) is 0 Å². The maximum atomic E-state index is 12.9. The van der Waals surface area contributed by atoms with Gasteiger partial charge in [0.1, 0.15) is 6.61 Å². The van der Waals surface area contributed by atoms with Crippen LogP contribution in [0.25, 0.3) is 16.4 Å². The van der Waals surface area contributed by atoms with E-state index in [1.807, 2.05) is 19.0 Å². The van der Waals surface area contributed by atoms with Crippen molar-refractivity contribution in [2.24, 2.45) is 0 Å². The first kappa shape index (κ1) is 19.2. The highest BCUT2D eigenvalue weighted by molar-refractivity contribution is 6.11. The molecule has 1 unspecified atom stereocenters. The monoisotopic (exact) mass is 380 g/mol. The van der Waals surface area contributed by atoms with Gasteiger partial charge in [-0.1, -0.05) is 18.2 Å². The smallest absolute Gasteiger partial charge is 0.418 e. The second kappa shape index (κ2) is 7.21. The van der Waals surface area contributed by atoms with Crippen LogP contribution in [0.5, 0.6) is 0 Å². The van der Waals surface area contributed by atoms with E-state index in [2.05, 4.69) is 0 Å². The van der Waals surface area contributed by atoms with Crippen LogP contribution < -0.4 is 0 Å². The van der Waals surface area contributed by atoms with Crippen molar-refractivity contribution in [2.75, 3.05) is 27.2 Å². The Bertz CT molecular complexity index is 979. The summed E-state index contributed by atoms with van der Waals surface area (Å²) < 4.78 is 45.5. The van der Waals surface area contributed by atoms with Crippen LogP contribution in [0.2, 0.25) is 0 Å². The fourth-order valence-electron chi connectivity index (χ4n) is 2.92. The molecule has 3 rings (SSSR count). The third-order valence-electron chi connectivity index (χ3n) is 4.27. The van der Waals surface area contributed by atoms with Gasteiger partial charge >= 0.3 is 12.1 Å². The number of rotatable bonds is 5. The van der Waals surface area contributed by atoms with Crippen LogP contribution in [0.3, 0.4) is 0 Å². The molecule has 0 aliphatic carbocycles. The lowest BCUT2D eigenvalue weighted by Gasteiger charge is -2.15. The highest BCUT2D eigenvalue weighted by Gasteiger charge is 2.39. The van der Waals surface area contributed by atoms with Gasteiger partial charge in [0.25, 0.3) is 0 Å². The Morgan fingerprint density at radius 1 is 1.22 bits per heavy atom. The SMILES string of the molecule is CN(C)CCOC(=O)c1c2ccc(C(O)C(F)(F)F)cc2n2ccccc12. The number of carbonyl (C=O) groups is 1. The summed E-state index contributed by atoms with van der Waals surface area (Å²) in [4.78, 5) is 14.5. The van der Waals surface area contributed by atoms with Crippen molar-refractivity contribution >= 4 is 22.4 Å². The van der Waals surface area contributed by atoms with Gasteiger partial charge in [0.05, 0.1) is 16.6 Å². The van der Waals surface area contributed by atoms with E-state index in [0.717, 1.165) is 0 Å². The Kier molecular flexibility index (Phi) is 5.12. The molecule has 0 amide bonds. The van der Waals surface area contributed by atoms with E-state index in [4.69, 9.17) is 4.74 Å². The number of aromatic nitrogens is 1. The zero-order valence-corrected chi connectivity index (χ0v) is 14.8. The van der Waals surface area contributed by atoms with Crippen LogP contribution in [0.15, 0.2) is 42.6 Å². The number of nitrogens with zero attached hydrogens (tertiary/aromatic N) is 2. The molecule has 1 aromatic carbocycles. The first-order valence-electron chi connectivity index (χ1n) is 8.29. The first-order chi connectivity index (χ1) is 12.7. The van der Waals surface area contributed by atoms with Gasteiger partial charge in [-0.3, -0.25) is 0 Å². The maximum Gasteiger partial charge on any atom is 0.418 e. The number of pyridine rings is 1. The summed E-state index contributed by atoms with van der Waals surface area (Å²) in [6.45, 7) is 0.750. The second-order valence-electron chi connectivity index (χ2n) is 6.49. The van der Waals surface area contributed by atoms with Crippen molar-refractivity contribution in [2.45, 2.75) is 12.3 Å². The Morgan fingerprint density at radius 3 is 2.63 bits per heavy atom. The maximum absolute atomic E-state index is 12.9. The summed E-state index contributed by atoms with van der Waals surface area (Å²) in [6.07, 6.45) is -5.71. The molecule has 0 saturated carbocycles. The standard InChI is InChI=1S/C19H19F3N2O3/c1-23(2)9-10-27-18(26)16-13-7-6-12(17(25)19(20,21)22)11-15(13)24-8-4-3-5-14(16)24/h3-8,11,17,25H,9-10H2,1-2H3. The Labute approximate surface area is 153 Å². The van der Waals surface area contributed by atoms with Gasteiger partial charge in [-0.25, -0.2) is 4.79 Å². The Morgan fingerprint density at radius 2 is 1.96 bits per heavy atom. The number of esters is 1. The first-order valence-corrected chi connectivity index (χ1v) is 8.29. The minimum atomic E-state index is -4.77. The molecule has 27 heavy (non-hydrogen) atoms. The van der Waals surface area contributed by atoms with Gasteiger partial charge in [-0.05, 0) is 37.9 Å². The van der Waals surface area contributed by atoms with Crippen molar-refractivity contribution in [3.63, 3.8) is 0 Å². The number of likely N-dealkylation sites (N-methyl/N-ethyl adjacent to an activating group) is 1. The molecule has 0 aliphatic rings. The zero-order chi connectivity index (χ0) is 19.8. The molecule has 144 valence electrons. The third-order valence-corrected chi connectivity index (χ3v) is 4.27. The Balaban J connectivity index is 2.09. The number of aliphatic hydroxyl groups is 1. The minimum Gasteiger partial charge on any atom is -0.461 e. The van der Waals surface area contributed by atoms with Crippen LogP contribution in [-0.4, -0.2) is 53.8 Å². The van der Waals surface area contributed by atoms with Crippen LogP contribution in [-0.2, 0) is 4.74 Å². The summed E-state index contributed by atoms with van der Waals surface area (Å²) in [6, 6.07) is 8.97. The predicted octanol–water partition coefficient (Wildman–Crippen LogP) is 3.41. The van der Waals surface area contributed by atoms with Crippen molar-refractivity contribution in [3.05, 3.63) is 53.7 Å². The lowest BCUT2D eigenvalue weighted by atomic mass is 10.1.